The molecule has 0 saturated heterocycles. The second-order valence-electron chi connectivity index (χ2n) is 12.0. The van der Waals surface area contributed by atoms with E-state index < -0.39 is 0 Å². The highest BCUT2D eigenvalue weighted by atomic mass is 16.3. The van der Waals surface area contributed by atoms with Gasteiger partial charge in [-0.05, 0) is 91.3 Å². The van der Waals surface area contributed by atoms with E-state index in [1.807, 2.05) is 24.3 Å². The molecule has 0 amide bonds. The molecule has 2 nitrogen and oxygen atoms in total. The first-order valence-electron chi connectivity index (χ1n) is 15.7. The van der Waals surface area contributed by atoms with Crippen molar-refractivity contribution in [3.8, 4) is 33.4 Å². The highest BCUT2D eigenvalue weighted by molar-refractivity contribution is 6.26. The van der Waals surface area contributed by atoms with Gasteiger partial charge in [-0.3, -0.25) is 0 Å². The van der Waals surface area contributed by atoms with Gasteiger partial charge in [0.1, 0.15) is 22.3 Å². The number of hydrogen-bond acceptors (Lipinski definition) is 2. The summed E-state index contributed by atoms with van der Waals surface area (Å²) in [5.74, 6) is 0. The van der Waals surface area contributed by atoms with E-state index in [1.54, 1.807) is 0 Å². The zero-order chi connectivity index (χ0) is 30.2. The molecule has 214 valence electrons. The Balaban J connectivity index is 1.18. The van der Waals surface area contributed by atoms with Crippen molar-refractivity contribution in [2.24, 2.45) is 0 Å². The predicted molar refractivity (Wildman–Crippen MR) is 192 cm³/mol. The van der Waals surface area contributed by atoms with E-state index in [0.29, 0.717) is 0 Å². The molecule has 10 rings (SSSR count). The average molecular weight is 587 g/mol. The van der Waals surface area contributed by atoms with Crippen molar-refractivity contribution in [1.82, 2.24) is 0 Å². The fourth-order valence-corrected chi connectivity index (χ4v) is 7.47. The Labute approximate surface area is 264 Å². The monoisotopic (exact) mass is 586 g/mol. The van der Waals surface area contributed by atoms with Crippen LogP contribution < -0.4 is 0 Å². The lowest BCUT2D eigenvalue weighted by atomic mass is 9.85. The lowest BCUT2D eigenvalue weighted by Crippen LogP contribution is -1.91. The maximum absolute atomic E-state index is 6.48. The number of rotatable bonds is 3. The van der Waals surface area contributed by atoms with E-state index in [2.05, 4.69) is 133 Å². The number of para-hydroxylation sites is 1. The third kappa shape index (κ3) is 3.65. The predicted octanol–water partition coefficient (Wildman–Crippen LogP) is 12.8. The standard InChI is InChI=1S/C44H26O2/c1-2-11-27(12-3-1)41-31-15-4-6-17-33(31)42(34-18-7-5-16-32(34)41)30-14-10-13-28(25-30)29-21-22-36-40(26-29)46-39-24-23-38-43(44(36)39)35-19-8-9-20-37(35)45-38/h1-26H. The zero-order valence-electron chi connectivity index (χ0n) is 24.8. The molecule has 0 aliphatic carbocycles. The van der Waals surface area contributed by atoms with Crippen LogP contribution in [-0.4, -0.2) is 0 Å². The third-order valence-electron chi connectivity index (χ3n) is 9.45. The molecule has 0 radical (unpaired) electrons. The van der Waals surface area contributed by atoms with Crippen LogP contribution >= 0.6 is 0 Å². The van der Waals surface area contributed by atoms with Gasteiger partial charge in [0.2, 0.25) is 0 Å². The summed E-state index contributed by atoms with van der Waals surface area (Å²) in [6.07, 6.45) is 0. The van der Waals surface area contributed by atoms with Gasteiger partial charge in [0.25, 0.3) is 0 Å². The van der Waals surface area contributed by atoms with Gasteiger partial charge >= 0.3 is 0 Å². The largest absolute Gasteiger partial charge is 0.456 e. The van der Waals surface area contributed by atoms with Gasteiger partial charge in [-0.15, -0.1) is 0 Å². The quantitative estimate of drug-likeness (QED) is 0.193. The van der Waals surface area contributed by atoms with E-state index in [-0.39, 0.29) is 0 Å². The van der Waals surface area contributed by atoms with Gasteiger partial charge < -0.3 is 8.83 Å². The first-order chi connectivity index (χ1) is 22.8. The van der Waals surface area contributed by atoms with Crippen LogP contribution in [-0.2, 0) is 0 Å². The zero-order valence-corrected chi connectivity index (χ0v) is 24.8. The number of furan rings is 2. The molecule has 2 heterocycles. The minimum absolute atomic E-state index is 0.872. The van der Waals surface area contributed by atoms with Crippen molar-refractivity contribution in [2.45, 2.75) is 0 Å². The molecule has 46 heavy (non-hydrogen) atoms. The lowest BCUT2D eigenvalue weighted by molar-refractivity contribution is 0.663. The molecule has 2 heteroatoms. The number of benzene rings is 8. The van der Waals surface area contributed by atoms with Gasteiger partial charge in [0.15, 0.2) is 0 Å². The highest BCUT2D eigenvalue weighted by Crippen LogP contribution is 2.45. The van der Waals surface area contributed by atoms with E-state index in [4.69, 9.17) is 8.83 Å². The fourth-order valence-electron chi connectivity index (χ4n) is 7.47. The van der Waals surface area contributed by atoms with Crippen LogP contribution in [0.3, 0.4) is 0 Å². The van der Waals surface area contributed by atoms with E-state index >= 15 is 0 Å². The SMILES string of the molecule is c1ccc(-c2c3ccccc3c(-c3cccc(-c4ccc5c(c4)oc4ccc6oc7ccccc7c6c45)c3)c3ccccc23)cc1. The number of fused-ring (bicyclic) bond motifs is 9. The molecule has 0 fully saturated rings. The van der Waals surface area contributed by atoms with Crippen LogP contribution in [0.5, 0.6) is 0 Å². The molecular formula is C44H26O2. The first kappa shape index (κ1) is 25.2. The average Bonchev–Trinajstić information content (AvgIpc) is 3.68. The number of hydrogen-bond donors (Lipinski definition) is 0. The molecule has 0 aliphatic rings. The smallest absolute Gasteiger partial charge is 0.136 e. The highest BCUT2D eigenvalue weighted by Gasteiger charge is 2.18. The Morgan fingerprint density at radius 2 is 0.739 bits per heavy atom. The van der Waals surface area contributed by atoms with Crippen molar-refractivity contribution in [3.63, 3.8) is 0 Å². The van der Waals surface area contributed by atoms with Crippen molar-refractivity contribution in [2.75, 3.05) is 0 Å². The summed E-state index contributed by atoms with van der Waals surface area (Å²) in [4.78, 5) is 0. The van der Waals surface area contributed by atoms with Gasteiger partial charge in [0.05, 0.1) is 0 Å². The van der Waals surface area contributed by atoms with Crippen molar-refractivity contribution in [3.05, 3.63) is 158 Å². The molecule has 0 atom stereocenters. The molecule has 10 aromatic rings. The summed E-state index contributed by atoms with van der Waals surface area (Å²) in [7, 11) is 0. The van der Waals surface area contributed by atoms with Gasteiger partial charge in [-0.25, -0.2) is 0 Å². The molecule has 2 aromatic heterocycles. The normalized spacial score (nSPS) is 11.9. The second-order valence-corrected chi connectivity index (χ2v) is 12.0. The van der Waals surface area contributed by atoms with Crippen molar-refractivity contribution in [1.29, 1.82) is 0 Å². The molecule has 0 bridgehead atoms. The molecule has 0 unspecified atom stereocenters. The molecule has 0 spiro atoms. The summed E-state index contributed by atoms with van der Waals surface area (Å²) in [6.45, 7) is 0. The van der Waals surface area contributed by atoms with E-state index in [9.17, 15) is 0 Å². The summed E-state index contributed by atoms with van der Waals surface area (Å²) in [5.41, 5.74) is 10.8. The lowest BCUT2D eigenvalue weighted by Gasteiger charge is -2.18. The van der Waals surface area contributed by atoms with E-state index in [1.165, 1.54) is 43.8 Å². The summed E-state index contributed by atoms with van der Waals surface area (Å²) < 4.78 is 12.7. The van der Waals surface area contributed by atoms with Crippen LogP contribution in [0.25, 0.3) is 98.8 Å². The molecule has 0 saturated carbocycles. The summed E-state index contributed by atoms with van der Waals surface area (Å²) >= 11 is 0. The second kappa shape index (κ2) is 9.69. The fraction of sp³-hybridized carbons (Fsp3) is 0. The maximum Gasteiger partial charge on any atom is 0.136 e. The van der Waals surface area contributed by atoms with Crippen LogP contribution in [0, 0.1) is 0 Å². The van der Waals surface area contributed by atoms with Crippen molar-refractivity contribution >= 4 is 65.4 Å². The Bertz CT molecular complexity index is 2740. The minimum atomic E-state index is 0.872. The third-order valence-corrected chi connectivity index (χ3v) is 9.45. The Morgan fingerprint density at radius 1 is 0.261 bits per heavy atom. The van der Waals surface area contributed by atoms with Crippen LogP contribution in [0.15, 0.2) is 167 Å². The Morgan fingerprint density at radius 3 is 1.41 bits per heavy atom. The van der Waals surface area contributed by atoms with Gasteiger partial charge in [-0.2, -0.15) is 0 Å². The summed E-state index contributed by atoms with van der Waals surface area (Å²) in [5, 5.41) is 9.45. The van der Waals surface area contributed by atoms with E-state index in [0.717, 1.165) is 55.0 Å². The topological polar surface area (TPSA) is 26.3 Å². The van der Waals surface area contributed by atoms with Crippen molar-refractivity contribution < 1.29 is 8.83 Å². The summed E-state index contributed by atoms with van der Waals surface area (Å²) in [6, 6.07) is 56.1. The molecule has 0 aliphatic heterocycles. The van der Waals surface area contributed by atoms with Crippen LogP contribution in [0.2, 0.25) is 0 Å². The van der Waals surface area contributed by atoms with Gasteiger partial charge in [0, 0.05) is 21.5 Å². The Kier molecular flexibility index (Phi) is 5.31. The molecule has 0 N–H and O–H groups in total. The Hall–Kier alpha value is -6.12. The maximum atomic E-state index is 6.48. The van der Waals surface area contributed by atoms with Crippen LogP contribution in [0.1, 0.15) is 0 Å². The van der Waals surface area contributed by atoms with Crippen LogP contribution in [0.4, 0.5) is 0 Å². The minimum Gasteiger partial charge on any atom is -0.456 e. The molecular weight excluding hydrogens is 560 g/mol. The first-order valence-corrected chi connectivity index (χ1v) is 15.7. The van der Waals surface area contributed by atoms with Gasteiger partial charge in [-0.1, -0.05) is 121 Å². The molecule has 8 aromatic carbocycles.